The van der Waals surface area contributed by atoms with E-state index in [1.165, 1.54) is 4.80 Å². The molecule has 1 aromatic heterocycles. The molecule has 0 unspecified atom stereocenters. The molecular weight excluding hydrogens is 430 g/mol. The number of benzene rings is 3. The van der Waals surface area contributed by atoms with Crippen LogP contribution in [0.2, 0.25) is 0 Å². The maximum Gasteiger partial charge on any atom is 0.276 e. The van der Waals surface area contributed by atoms with E-state index < -0.39 is 5.91 Å². The molecule has 4 rings (SSSR count). The number of nitrogens with two attached hydrogens (primary N) is 2. The molecule has 9 nitrogen and oxygen atoms in total. The largest absolute Gasteiger partial charge is 0.397 e. The molecule has 0 aliphatic rings. The second kappa shape index (κ2) is 9.86. The highest BCUT2D eigenvalue weighted by Crippen LogP contribution is 2.21. The monoisotopic (exact) mass is 455 g/mol. The summed E-state index contributed by atoms with van der Waals surface area (Å²) < 4.78 is 0. The molecule has 0 bridgehead atoms. The van der Waals surface area contributed by atoms with Gasteiger partial charge in [-0.25, -0.2) is 0 Å². The summed E-state index contributed by atoms with van der Waals surface area (Å²) in [6, 6.07) is 23.0. The number of rotatable bonds is 7. The number of carbonyl (C=O) groups excluding carboxylic acids is 2. The number of anilines is 3. The van der Waals surface area contributed by atoms with Crippen LogP contribution in [0.4, 0.5) is 17.2 Å². The molecule has 2 amide bonds. The molecule has 0 aliphatic heterocycles. The van der Waals surface area contributed by atoms with E-state index in [0.717, 1.165) is 5.56 Å². The van der Waals surface area contributed by atoms with Crippen molar-refractivity contribution >= 4 is 29.0 Å². The van der Waals surface area contributed by atoms with Gasteiger partial charge < -0.3 is 22.1 Å². The third-order valence-electron chi connectivity index (χ3n) is 5.34. The minimum atomic E-state index is -0.423. The van der Waals surface area contributed by atoms with Gasteiger partial charge in [0.05, 0.1) is 23.1 Å². The molecule has 3 aromatic carbocycles. The highest BCUT2D eigenvalue weighted by molar-refractivity contribution is 6.05. The molecule has 0 saturated heterocycles. The third kappa shape index (κ3) is 4.88. The number of nitrogens with one attached hydrogen (secondary N) is 2. The number of hydrogen-bond acceptors (Lipinski definition) is 6. The van der Waals surface area contributed by atoms with Gasteiger partial charge in [0, 0.05) is 5.56 Å². The molecule has 1 heterocycles. The number of nitrogen functional groups attached to an aromatic ring is 2. The zero-order chi connectivity index (χ0) is 24.1. The van der Waals surface area contributed by atoms with Crippen molar-refractivity contribution in [2.24, 2.45) is 0 Å². The SMILES string of the molecule is CC[C@@H](NC(=O)c1nn(-c2ccccc2)nc1N)c1ccc(C(=O)Nc2ccccc2N)cc1. The zero-order valence-electron chi connectivity index (χ0n) is 18.6. The lowest BCUT2D eigenvalue weighted by Gasteiger charge is -2.17. The Morgan fingerprint density at radius 2 is 1.56 bits per heavy atom. The van der Waals surface area contributed by atoms with Crippen LogP contribution < -0.4 is 22.1 Å². The van der Waals surface area contributed by atoms with E-state index in [2.05, 4.69) is 20.8 Å². The summed E-state index contributed by atoms with van der Waals surface area (Å²) in [6.07, 6.45) is 0.630. The molecule has 4 aromatic rings. The number of nitrogens with zero attached hydrogens (tertiary/aromatic N) is 3. The Bertz CT molecular complexity index is 1300. The van der Waals surface area contributed by atoms with E-state index in [1.807, 2.05) is 49.4 Å². The summed E-state index contributed by atoms with van der Waals surface area (Å²) in [5.74, 6) is -0.650. The van der Waals surface area contributed by atoms with E-state index in [-0.39, 0.29) is 23.5 Å². The van der Waals surface area contributed by atoms with Crippen molar-refractivity contribution in [2.75, 3.05) is 16.8 Å². The Balaban J connectivity index is 1.45. The van der Waals surface area contributed by atoms with Gasteiger partial charge in [0.15, 0.2) is 11.5 Å². The molecule has 0 fully saturated rings. The van der Waals surface area contributed by atoms with Crippen molar-refractivity contribution < 1.29 is 9.59 Å². The fourth-order valence-corrected chi connectivity index (χ4v) is 3.48. The van der Waals surface area contributed by atoms with Crippen molar-refractivity contribution in [3.05, 3.63) is 95.7 Å². The Morgan fingerprint density at radius 1 is 0.882 bits per heavy atom. The van der Waals surface area contributed by atoms with Gasteiger partial charge in [-0.3, -0.25) is 9.59 Å². The van der Waals surface area contributed by atoms with Crippen LogP contribution in [0, 0.1) is 0 Å². The van der Waals surface area contributed by atoms with E-state index >= 15 is 0 Å². The number of aromatic nitrogens is 3. The number of hydrogen-bond donors (Lipinski definition) is 4. The third-order valence-corrected chi connectivity index (χ3v) is 5.34. The number of para-hydroxylation sites is 3. The van der Waals surface area contributed by atoms with Crippen LogP contribution in [0.25, 0.3) is 5.69 Å². The standard InChI is InChI=1S/C25H25N7O2/c1-2-20(28-25(34)22-23(27)31-32(30-22)18-8-4-3-5-9-18)16-12-14-17(15-13-16)24(33)29-21-11-7-6-10-19(21)26/h3-15,20H,2,26H2,1H3,(H2,27,31)(H,28,34)(H,29,33)/t20-/m1/s1. The van der Waals surface area contributed by atoms with Gasteiger partial charge in [-0.05, 0) is 48.4 Å². The smallest absolute Gasteiger partial charge is 0.276 e. The minimum Gasteiger partial charge on any atom is -0.397 e. The van der Waals surface area contributed by atoms with Gasteiger partial charge in [-0.15, -0.1) is 15.0 Å². The normalized spacial score (nSPS) is 11.6. The molecule has 9 heteroatoms. The van der Waals surface area contributed by atoms with Crippen molar-refractivity contribution in [3.63, 3.8) is 0 Å². The molecule has 1 atom stereocenters. The van der Waals surface area contributed by atoms with Crippen LogP contribution in [0.15, 0.2) is 78.9 Å². The first-order valence-electron chi connectivity index (χ1n) is 10.8. The Kier molecular flexibility index (Phi) is 6.54. The first-order valence-corrected chi connectivity index (χ1v) is 10.8. The quantitative estimate of drug-likeness (QED) is 0.314. The van der Waals surface area contributed by atoms with Crippen LogP contribution in [0.3, 0.4) is 0 Å². The van der Waals surface area contributed by atoms with Crippen molar-refractivity contribution in [2.45, 2.75) is 19.4 Å². The van der Waals surface area contributed by atoms with Gasteiger partial charge in [0.25, 0.3) is 11.8 Å². The summed E-state index contributed by atoms with van der Waals surface area (Å²) in [6.45, 7) is 1.95. The minimum absolute atomic E-state index is 0.0448. The molecule has 6 N–H and O–H groups in total. The first-order chi connectivity index (χ1) is 16.5. The lowest BCUT2D eigenvalue weighted by Crippen LogP contribution is -2.29. The van der Waals surface area contributed by atoms with Gasteiger partial charge in [0.2, 0.25) is 0 Å². The molecule has 0 saturated carbocycles. The predicted molar refractivity (Wildman–Crippen MR) is 132 cm³/mol. The number of amides is 2. The van der Waals surface area contributed by atoms with Crippen molar-refractivity contribution in [1.29, 1.82) is 0 Å². The summed E-state index contributed by atoms with van der Waals surface area (Å²) in [7, 11) is 0. The first kappa shape index (κ1) is 22.5. The zero-order valence-corrected chi connectivity index (χ0v) is 18.6. The summed E-state index contributed by atoms with van der Waals surface area (Å²) in [5.41, 5.74) is 15.0. The number of carbonyl (C=O) groups is 2. The highest BCUT2D eigenvalue weighted by Gasteiger charge is 2.21. The molecule has 0 spiro atoms. The Morgan fingerprint density at radius 3 is 2.24 bits per heavy atom. The van der Waals surface area contributed by atoms with Gasteiger partial charge in [0.1, 0.15) is 0 Å². The topological polar surface area (TPSA) is 141 Å². The molecule has 172 valence electrons. The predicted octanol–water partition coefficient (Wildman–Crippen LogP) is 3.57. The maximum atomic E-state index is 12.9. The van der Waals surface area contributed by atoms with Gasteiger partial charge in [-0.2, -0.15) is 0 Å². The highest BCUT2D eigenvalue weighted by atomic mass is 16.2. The molecule has 0 radical (unpaired) electrons. The van der Waals surface area contributed by atoms with Gasteiger partial charge in [-0.1, -0.05) is 49.4 Å². The van der Waals surface area contributed by atoms with Gasteiger partial charge >= 0.3 is 0 Å². The lowest BCUT2D eigenvalue weighted by atomic mass is 10.0. The summed E-state index contributed by atoms with van der Waals surface area (Å²) in [4.78, 5) is 26.8. The van der Waals surface area contributed by atoms with E-state index in [0.29, 0.717) is 29.0 Å². The van der Waals surface area contributed by atoms with E-state index in [1.54, 1.807) is 36.4 Å². The summed E-state index contributed by atoms with van der Waals surface area (Å²) >= 11 is 0. The van der Waals surface area contributed by atoms with Crippen LogP contribution in [-0.2, 0) is 0 Å². The van der Waals surface area contributed by atoms with E-state index in [9.17, 15) is 9.59 Å². The summed E-state index contributed by atoms with van der Waals surface area (Å²) in [5, 5.41) is 14.1. The Labute approximate surface area is 196 Å². The second-order valence-corrected chi connectivity index (χ2v) is 7.66. The Hall–Kier alpha value is -4.66. The molecular formula is C25H25N7O2. The van der Waals surface area contributed by atoms with Crippen LogP contribution in [0.5, 0.6) is 0 Å². The van der Waals surface area contributed by atoms with Crippen LogP contribution in [-0.4, -0.2) is 26.8 Å². The fourth-order valence-electron chi connectivity index (χ4n) is 3.48. The van der Waals surface area contributed by atoms with Crippen LogP contribution in [0.1, 0.15) is 45.8 Å². The molecule has 0 aliphatic carbocycles. The fraction of sp³-hybridized carbons (Fsp3) is 0.120. The average Bonchev–Trinajstić information content (AvgIpc) is 3.26. The van der Waals surface area contributed by atoms with E-state index in [4.69, 9.17) is 11.5 Å². The lowest BCUT2D eigenvalue weighted by molar-refractivity contribution is 0.0930. The van der Waals surface area contributed by atoms with Crippen molar-refractivity contribution in [3.8, 4) is 5.69 Å². The average molecular weight is 456 g/mol. The molecule has 34 heavy (non-hydrogen) atoms. The van der Waals surface area contributed by atoms with Crippen molar-refractivity contribution in [1.82, 2.24) is 20.3 Å². The second-order valence-electron chi connectivity index (χ2n) is 7.66. The maximum absolute atomic E-state index is 12.9. The van der Waals surface area contributed by atoms with Crippen LogP contribution >= 0.6 is 0 Å².